The Kier molecular flexibility index (Phi) is 4.36. The summed E-state index contributed by atoms with van der Waals surface area (Å²) < 4.78 is 5.26. The van der Waals surface area contributed by atoms with Crippen molar-refractivity contribution < 1.29 is 9.21 Å². The molecule has 2 N–H and O–H groups in total. The van der Waals surface area contributed by atoms with Crippen LogP contribution in [0.3, 0.4) is 0 Å². The SMILES string of the molecule is Cc1ccc(NC(=O)CN[C@@H](C)c2ccco2)cc1. The molecule has 2 rings (SSSR count). The van der Waals surface area contributed by atoms with Crippen molar-refractivity contribution in [2.45, 2.75) is 19.9 Å². The third kappa shape index (κ3) is 3.96. The highest BCUT2D eigenvalue weighted by molar-refractivity contribution is 5.92. The lowest BCUT2D eigenvalue weighted by Gasteiger charge is -2.11. The summed E-state index contributed by atoms with van der Waals surface area (Å²) in [6.07, 6.45) is 1.62. The first-order valence-corrected chi connectivity index (χ1v) is 6.28. The first kappa shape index (κ1) is 13.4. The van der Waals surface area contributed by atoms with Crippen molar-refractivity contribution in [1.82, 2.24) is 5.32 Å². The zero-order valence-electron chi connectivity index (χ0n) is 11.1. The molecule has 4 nitrogen and oxygen atoms in total. The third-order valence-electron chi connectivity index (χ3n) is 2.87. The van der Waals surface area contributed by atoms with Gasteiger partial charge in [-0.1, -0.05) is 17.7 Å². The monoisotopic (exact) mass is 258 g/mol. The zero-order chi connectivity index (χ0) is 13.7. The van der Waals surface area contributed by atoms with Gasteiger partial charge in [-0.2, -0.15) is 0 Å². The van der Waals surface area contributed by atoms with Gasteiger partial charge < -0.3 is 9.73 Å². The van der Waals surface area contributed by atoms with E-state index in [1.807, 2.05) is 50.2 Å². The second-order valence-corrected chi connectivity index (χ2v) is 4.53. The van der Waals surface area contributed by atoms with Crippen LogP contribution in [0.15, 0.2) is 47.1 Å². The molecule has 1 heterocycles. The maximum atomic E-state index is 11.8. The minimum Gasteiger partial charge on any atom is -0.468 e. The van der Waals surface area contributed by atoms with E-state index in [2.05, 4.69) is 10.6 Å². The van der Waals surface area contributed by atoms with Gasteiger partial charge >= 0.3 is 0 Å². The topological polar surface area (TPSA) is 54.3 Å². The maximum Gasteiger partial charge on any atom is 0.238 e. The van der Waals surface area contributed by atoms with Crippen molar-refractivity contribution in [3.63, 3.8) is 0 Å². The average molecular weight is 258 g/mol. The fourth-order valence-electron chi connectivity index (χ4n) is 1.73. The van der Waals surface area contributed by atoms with Gasteiger partial charge in [0.2, 0.25) is 5.91 Å². The minimum absolute atomic E-state index is 0.0127. The van der Waals surface area contributed by atoms with Crippen LogP contribution in [-0.4, -0.2) is 12.5 Å². The van der Waals surface area contributed by atoms with Crippen molar-refractivity contribution in [1.29, 1.82) is 0 Å². The number of anilines is 1. The van der Waals surface area contributed by atoms with E-state index in [1.165, 1.54) is 5.56 Å². The van der Waals surface area contributed by atoms with Crippen LogP contribution in [0.2, 0.25) is 0 Å². The van der Waals surface area contributed by atoms with Gasteiger partial charge in [-0.25, -0.2) is 0 Å². The van der Waals surface area contributed by atoms with Crippen LogP contribution < -0.4 is 10.6 Å². The average Bonchev–Trinajstić information content (AvgIpc) is 2.93. The first-order chi connectivity index (χ1) is 9.15. The van der Waals surface area contributed by atoms with Gasteiger partial charge in [-0.3, -0.25) is 10.1 Å². The second kappa shape index (κ2) is 6.20. The van der Waals surface area contributed by atoms with Gasteiger partial charge in [0.15, 0.2) is 0 Å². The molecule has 1 aromatic heterocycles. The van der Waals surface area contributed by atoms with Crippen LogP contribution in [0.25, 0.3) is 0 Å². The zero-order valence-corrected chi connectivity index (χ0v) is 11.1. The molecule has 1 atom stereocenters. The van der Waals surface area contributed by atoms with Gasteiger partial charge in [-0.15, -0.1) is 0 Å². The number of furan rings is 1. The lowest BCUT2D eigenvalue weighted by molar-refractivity contribution is -0.115. The summed E-state index contributed by atoms with van der Waals surface area (Å²) in [5, 5.41) is 5.95. The molecule has 0 radical (unpaired) electrons. The highest BCUT2D eigenvalue weighted by atomic mass is 16.3. The normalized spacial score (nSPS) is 12.1. The minimum atomic E-state index is -0.0674. The molecule has 1 amide bonds. The Hall–Kier alpha value is -2.07. The summed E-state index contributed by atoms with van der Waals surface area (Å²) in [5.41, 5.74) is 1.98. The Morgan fingerprint density at radius 2 is 2.00 bits per heavy atom. The van der Waals surface area contributed by atoms with Crippen LogP contribution >= 0.6 is 0 Å². The number of carbonyl (C=O) groups excluding carboxylic acids is 1. The summed E-state index contributed by atoms with van der Waals surface area (Å²) in [5.74, 6) is 0.755. The van der Waals surface area contributed by atoms with Crippen LogP contribution in [0, 0.1) is 6.92 Å². The number of benzene rings is 1. The summed E-state index contributed by atoms with van der Waals surface area (Å²) in [7, 11) is 0. The molecule has 2 aromatic rings. The van der Waals surface area contributed by atoms with Gasteiger partial charge in [0, 0.05) is 5.69 Å². The van der Waals surface area contributed by atoms with Gasteiger partial charge in [0.05, 0.1) is 18.8 Å². The largest absolute Gasteiger partial charge is 0.468 e. The number of amides is 1. The van der Waals surface area contributed by atoms with E-state index in [9.17, 15) is 4.79 Å². The van der Waals surface area contributed by atoms with E-state index < -0.39 is 0 Å². The molecule has 0 aliphatic heterocycles. The van der Waals surface area contributed by atoms with E-state index in [-0.39, 0.29) is 18.5 Å². The Bertz CT molecular complexity index is 518. The van der Waals surface area contributed by atoms with Crippen LogP contribution in [-0.2, 0) is 4.79 Å². The van der Waals surface area contributed by atoms with Crippen LogP contribution in [0.1, 0.15) is 24.3 Å². The standard InChI is InChI=1S/C15H18N2O2/c1-11-5-7-13(8-6-11)17-15(18)10-16-12(2)14-4-3-9-19-14/h3-9,12,16H,10H2,1-2H3,(H,17,18)/t12-/m0/s1. The van der Waals surface area contributed by atoms with Gasteiger partial charge in [0.1, 0.15) is 5.76 Å². The molecule has 19 heavy (non-hydrogen) atoms. The molecular weight excluding hydrogens is 240 g/mol. The molecule has 0 fully saturated rings. The molecule has 0 saturated carbocycles. The quantitative estimate of drug-likeness (QED) is 0.867. The molecular formula is C15H18N2O2. The predicted octanol–water partition coefficient (Wildman–Crippen LogP) is 2.88. The Morgan fingerprint density at radius 1 is 1.26 bits per heavy atom. The molecule has 0 aliphatic carbocycles. The molecule has 1 aromatic carbocycles. The summed E-state index contributed by atoms with van der Waals surface area (Å²) in [4.78, 5) is 11.8. The number of aryl methyl sites for hydroxylation is 1. The molecule has 100 valence electrons. The fraction of sp³-hybridized carbons (Fsp3) is 0.267. The van der Waals surface area contributed by atoms with E-state index in [1.54, 1.807) is 6.26 Å². The third-order valence-corrected chi connectivity index (χ3v) is 2.87. The van der Waals surface area contributed by atoms with Gasteiger partial charge in [0.25, 0.3) is 0 Å². The number of nitrogens with one attached hydrogen (secondary N) is 2. The molecule has 0 spiro atoms. The van der Waals surface area contributed by atoms with Gasteiger partial charge in [-0.05, 0) is 38.1 Å². The smallest absolute Gasteiger partial charge is 0.238 e. The molecule has 4 heteroatoms. The Balaban J connectivity index is 1.80. The number of rotatable bonds is 5. The van der Waals surface area contributed by atoms with E-state index >= 15 is 0 Å². The number of hydrogen-bond acceptors (Lipinski definition) is 3. The molecule has 0 unspecified atom stereocenters. The van der Waals surface area contributed by atoms with Crippen molar-refractivity contribution in [3.05, 3.63) is 54.0 Å². The lowest BCUT2D eigenvalue weighted by atomic mass is 10.2. The fourth-order valence-corrected chi connectivity index (χ4v) is 1.73. The Labute approximate surface area is 112 Å². The molecule has 0 aliphatic rings. The van der Waals surface area contributed by atoms with Crippen molar-refractivity contribution in [2.75, 3.05) is 11.9 Å². The van der Waals surface area contributed by atoms with E-state index in [4.69, 9.17) is 4.42 Å². The van der Waals surface area contributed by atoms with Crippen LogP contribution in [0.5, 0.6) is 0 Å². The summed E-state index contributed by atoms with van der Waals surface area (Å²) >= 11 is 0. The maximum absolute atomic E-state index is 11.8. The highest BCUT2D eigenvalue weighted by Crippen LogP contribution is 2.12. The summed E-state index contributed by atoms with van der Waals surface area (Å²) in [6, 6.07) is 11.4. The van der Waals surface area contributed by atoms with Crippen molar-refractivity contribution >= 4 is 11.6 Å². The van der Waals surface area contributed by atoms with Crippen molar-refractivity contribution in [2.24, 2.45) is 0 Å². The molecule has 0 saturated heterocycles. The number of carbonyl (C=O) groups is 1. The first-order valence-electron chi connectivity index (χ1n) is 6.28. The lowest BCUT2D eigenvalue weighted by Crippen LogP contribution is -2.29. The second-order valence-electron chi connectivity index (χ2n) is 4.53. The summed E-state index contributed by atoms with van der Waals surface area (Å²) in [6.45, 7) is 4.21. The predicted molar refractivity (Wildman–Crippen MR) is 74.9 cm³/mol. The van der Waals surface area contributed by atoms with E-state index in [0.717, 1.165) is 11.4 Å². The number of hydrogen-bond donors (Lipinski definition) is 2. The van der Waals surface area contributed by atoms with Crippen molar-refractivity contribution in [3.8, 4) is 0 Å². The van der Waals surface area contributed by atoms with E-state index in [0.29, 0.717) is 0 Å². The van der Waals surface area contributed by atoms with Crippen LogP contribution in [0.4, 0.5) is 5.69 Å². The Morgan fingerprint density at radius 3 is 2.63 bits per heavy atom. The molecule has 0 bridgehead atoms. The highest BCUT2D eigenvalue weighted by Gasteiger charge is 2.09.